The number of nitrogens with zero attached hydrogens (tertiary/aromatic N) is 3. The second-order valence-corrected chi connectivity index (χ2v) is 11.5. The lowest BCUT2D eigenvalue weighted by Gasteiger charge is -2.26. The molecule has 1 saturated heterocycles. The number of aromatic nitrogens is 1. The van der Waals surface area contributed by atoms with Gasteiger partial charge in [-0.25, -0.2) is 13.4 Å². The minimum atomic E-state index is -3.67. The number of thiazole rings is 1. The standard InChI is InChI=1S/C27H27N3O6S2/c1-34-22-12-13-23(35-2)25-24(22)28-27(37-25)30(18-19-6-4-3-5-7-19)26(31)20-8-10-21(11-9-20)38(32,33)29-14-16-36-17-15-29/h3-13H,14-18H2,1-2H3. The van der Waals surface area contributed by atoms with E-state index in [2.05, 4.69) is 0 Å². The molecule has 9 nitrogen and oxygen atoms in total. The Hall–Kier alpha value is -3.51. The Morgan fingerprint density at radius 2 is 1.63 bits per heavy atom. The molecule has 0 bridgehead atoms. The smallest absolute Gasteiger partial charge is 0.260 e. The summed E-state index contributed by atoms with van der Waals surface area (Å²) >= 11 is 1.33. The van der Waals surface area contributed by atoms with Crippen LogP contribution < -0.4 is 14.4 Å². The van der Waals surface area contributed by atoms with Crippen LogP contribution in [0.5, 0.6) is 11.5 Å². The molecule has 1 aliphatic heterocycles. The van der Waals surface area contributed by atoms with Crippen LogP contribution in [0.3, 0.4) is 0 Å². The van der Waals surface area contributed by atoms with Crippen molar-refractivity contribution in [3.05, 3.63) is 77.9 Å². The van der Waals surface area contributed by atoms with E-state index in [9.17, 15) is 13.2 Å². The molecule has 4 aromatic rings. The van der Waals surface area contributed by atoms with Crippen LogP contribution in [0.2, 0.25) is 0 Å². The van der Waals surface area contributed by atoms with Gasteiger partial charge in [0.2, 0.25) is 10.0 Å². The lowest BCUT2D eigenvalue weighted by molar-refractivity contribution is 0.0730. The van der Waals surface area contributed by atoms with Crippen LogP contribution in [0, 0.1) is 0 Å². The van der Waals surface area contributed by atoms with Gasteiger partial charge in [-0.3, -0.25) is 9.69 Å². The summed E-state index contributed by atoms with van der Waals surface area (Å²) in [5.74, 6) is 0.906. The molecule has 2 heterocycles. The quantitative estimate of drug-likeness (QED) is 0.323. The predicted octanol–water partition coefficient (Wildman–Crippen LogP) is 4.18. The van der Waals surface area contributed by atoms with Crippen molar-refractivity contribution in [3.8, 4) is 11.5 Å². The van der Waals surface area contributed by atoms with Crippen LogP contribution in [0.4, 0.5) is 5.13 Å². The SMILES string of the molecule is COc1ccc(OC)c2sc(N(Cc3ccccc3)C(=O)c3ccc(S(=O)(=O)N4CCOCC4)cc3)nc12. The van der Waals surface area contributed by atoms with Crippen LogP contribution in [0.1, 0.15) is 15.9 Å². The highest BCUT2D eigenvalue weighted by molar-refractivity contribution is 7.89. The first kappa shape index (κ1) is 26.1. The van der Waals surface area contributed by atoms with Crippen LogP contribution in [-0.4, -0.2) is 64.1 Å². The number of methoxy groups -OCH3 is 2. The summed E-state index contributed by atoms with van der Waals surface area (Å²) in [5.41, 5.74) is 1.87. The van der Waals surface area contributed by atoms with Crippen molar-refractivity contribution in [1.82, 2.24) is 9.29 Å². The molecule has 1 amide bonds. The molecule has 1 aliphatic rings. The summed E-state index contributed by atoms with van der Waals surface area (Å²) in [6, 6.07) is 19.2. The zero-order valence-electron chi connectivity index (χ0n) is 21.0. The molecular weight excluding hydrogens is 526 g/mol. The van der Waals surface area contributed by atoms with Crippen LogP contribution in [0.25, 0.3) is 10.2 Å². The number of sulfonamides is 1. The van der Waals surface area contributed by atoms with E-state index in [0.717, 1.165) is 10.3 Å². The topological polar surface area (TPSA) is 98.3 Å². The fourth-order valence-corrected chi connectivity index (χ4v) is 6.72. The van der Waals surface area contributed by atoms with Crippen molar-refractivity contribution in [1.29, 1.82) is 0 Å². The zero-order chi connectivity index (χ0) is 26.7. The molecule has 0 radical (unpaired) electrons. The van der Waals surface area contributed by atoms with Crippen LogP contribution >= 0.6 is 11.3 Å². The van der Waals surface area contributed by atoms with Gasteiger partial charge in [0.25, 0.3) is 5.91 Å². The highest BCUT2D eigenvalue weighted by atomic mass is 32.2. The lowest BCUT2D eigenvalue weighted by Crippen LogP contribution is -2.40. The second-order valence-electron chi connectivity index (χ2n) is 8.56. The Labute approximate surface area is 225 Å². The molecule has 5 rings (SSSR count). The average molecular weight is 554 g/mol. The Morgan fingerprint density at radius 3 is 2.29 bits per heavy atom. The lowest BCUT2D eigenvalue weighted by atomic mass is 10.1. The van der Waals surface area contributed by atoms with Gasteiger partial charge in [0, 0.05) is 18.7 Å². The summed E-state index contributed by atoms with van der Waals surface area (Å²) in [6.07, 6.45) is 0. The Bertz CT molecular complexity index is 1490. The van der Waals surface area contributed by atoms with Crippen molar-refractivity contribution < 1.29 is 27.4 Å². The molecule has 38 heavy (non-hydrogen) atoms. The Morgan fingerprint density at radius 1 is 0.974 bits per heavy atom. The van der Waals surface area contributed by atoms with Crippen molar-refractivity contribution in [3.63, 3.8) is 0 Å². The van der Waals surface area contributed by atoms with E-state index in [0.29, 0.717) is 54.0 Å². The van der Waals surface area contributed by atoms with Gasteiger partial charge >= 0.3 is 0 Å². The van der Waals surface area contributed by atoms with E-state index in [1.165, 1.54) is 27.8 Å². The third kappa shape index (κ3) is 5.10. The molecule has 1 aromatic heterocycles. The molecular formula is C27H27N3O6S2. The van der Waals surface area contributed by atoms with Crippen LogP contribution in [-0.2, 0) is 21.3 Å². The maximum atomic E-state index is 13.9. The minimum absolute atomic E-state index is 0.139. The van der Waals surface area contributed by atoms with E-state index < -0.39 is 10.0 Å². The summed E-state index contributed by atoms with van der Waals surface area (Å²) < 4.78 is 44.5. The van der Waals surface area contributed by atoms with Gasteiger partial charge in [0.05, 0.1) is 38.9 Å². The molecule has 3 aromatic carbocycles. The number of benzene rings is 3. The normalized spacial score (nSPS) is 14.4. The van der Waals surface area contributed by atoms with E-state index in [1.807, 2.05) is 30.3 Å². The molecule has 0 aliphatic carbocycles. The second kappa shape index (κ2) is 11.1. The molecule has 1 fully saturated rings. The first-order chi connectivity index (χ1) is 18.4. The van der Waals surface area contributed by atoms with Crippen LogP contribution in [0.15, 0.2) is 71.6 Å². The number of carbonyl (C=O) groups is 1. The first-order valence-corrected chi connectivity index (χ1v) is 14.2. The number of anilines is 1. The van der Waals surface area contributed by atoms with E-state index in [1.54, 1.807) is 43.4 Å². The third-order valence-electron chi connectivity index (χ3n) is 6.27. The molecule has 11 heteroatoms. The fraction of sp³-hybridized carbons (Fsp3) is 0.259. The first-order valence-electron chi connectivity index (χ1n) is 12.0. The Balaban J connectivity index is 1.51. The predicted molar refractivity (Wildman–Crippen MR) is 146 cm³/mol. The van der Waals surface area contributed by atoms with Gasteiger partial charge in [-0.05, 0) is 42.0 Å². The van der Waals surface area contributed by atoms with Gasteiger partial charge < -0.3 is 14.2 Å². The van der Waals surface area contributed by atoms with Gasteiger partial charge in [-0.15, -0.1) is 0 Å². The highest BCUT2D eigenvalue weighted by Crippen LogP contribution is 2.40. The highest BCUT2D eigenvalue weighted by Gasteiger charge is 2.28. The number of carbonyl (C=O) groups excluding carboxylic acids is 1. The number of hydrogen-bond donors (Lipinski definition) is 0. The summed E-state index contributed by atoms with van der Waals surface area (Å²) in [7, 11) is -0.515. The summed E-state index contributed by atoms with van der Waals surface area (Å²) in [4.78, 5) is 20.3. The van der Waals surface area contributed by atoms with Crippen molar-refractivity contribution in [2.75, 3.05) is 45.4 Å². The van der Waals surface area contributed by atoms with Crippen molar-refractivity contribution >= 4 is 42.6 Å². The largest absolute Gasteiger partial charge is 0.495 e. The number of fused-ring (bicyclic) bond motifs is 1. The van der Waals surface area contributed by atoms with Gasteiger partial charge in [0.15, 0.2) is 5.13 Å². The molecule has 0 unspecified atom stereocenters. The molecule has 0 atom stereocenters. The van der Waals surface area contributed by atoms with Gasteiger partial charge in [0.1, 0.15) is 21.7 Å². The number of hydrogen-bond acceptors (Lipinski definition) is 8. The monoisotopic (exact) mass is 553 g/mol. The van der Waals surface area contributed by atoms with Crippen molar-refractivity contribution in [2.24, 2.45) is 0 Å². The number of rotatable bonds is 8. The van der Waals surface area contributed by atoms with Crippen molar-refractivity contribution in [2.45, 2.75) is 11.4 Å². The zero-order valence-corrected chi connectivity index (χ0v) is 22.6. The molecule has 0 N–H and O–H groups in total. The fourth-order valence-electron chi connectivity index (χ4n) is 4.24. The average Bonchev–Trinajstić information content (AvgIpc) is 3.41. The maximum absolute atomic E-state index is 13.9. The number of ether oxygens (including phenoxy) is 3. The maximum Gasteiger partial charge on any atom is 0.260 e. The minimum Gasteiger partial charge on any atom is -0.495 e. The Kier molecular flexibility index (Phi) is 7.61. The number of morpholine rings is 1. The van der Waals surface area contributed by atoms with E-state index >= 15 is 0 Å². The molecule has 0 spiro atoms. The summed E-state index contributed by atoms with van der Waals surface area (Å²) in [6.45, 7) is 1.61. The van der Waals surface area contributed by atoms with E-state index in [-0.39, 0.29) is 17.3 Å². The van der Waals surface area contributed by atoms with Gasteiger partial charge in [-0.2, -0.15) is 4.31 Å². The summed E-state index contributed by atoms with van der Waals surface area (Å²) in [5, 5.41) is 0.474. The van der Waals surface area contributed by atoms with E-state index in [4.69, 9.17) is 19.2 Å². The third-order valence-corrected chi connectivity index (χ3v) is 9.27. The molecule has 198 valence electrons. The van der Waals surface area contributed by atoms with Gasteiger partial charge in [-0.1, -0.05) is 41.7 Å². The molecule has 0 saturated carbocycles. The number of amides is 1.